The van der Waals surface area contributed by atoms with Crippen LogP contribution in [0.15, 0.2) is 12.1 Å². The summed E-state index contributed by atoms with van der Waals surface area (Å²) < 4.78 is 10.5. The molecule has 0 saturated heterocycles. The van der Waals surface area contributed by atoms with Crippen LogP contribution in [-0.4, -0.2) is 25.2 Å². The third kappa shape index (κ3) is 2.28. The van der Waals surface area contributed by atoms with E-state index in [2.05, 4.69) is 11.4 Å². The highest BCUT2D eigenvalue weighted by Gasteiger charge is 2.25. The molecule has 1 aromatic carbocycles. The first kappa shape index (κ1) is 12.7. The van der Waals surface area contributed by atoms with E-state index in [-0.39, 0.29) is 18.1 Å². The van der Waals surface area contributed by atoms with Gasteiger partial charge in [-0.05, 0) is 31.9 Å². The van der Waals surface area contributed by atoms with Crippen LogP contribution < -0.4 is 10.1 Å². The average molecular weight is 249 g/mol. The molecular formula is C14H19NO3. The van der Waals surface area contributed by atoms with Crippen LogP contribution in [-0.2, 0) is 16.0 Å². The SMILES string of the molecule is COC(=O)C(C)Nc1c(C)ccc2c1OC(C)C2. The highest BCUT2D eigenvalue weighted by Crippen LogP contribution is 2.38. The molecule has 0 radical (unpaired) electrons. The number of benzene rings is 1. The minimum atomic E-state index is -0.389. The molecule has 0 spiro atoms. The van der Waals surface area contributed by atoms with Crippen LogP contribution >= 0.6 is 0 Å². The number of anilines is 1. The van der Waals surface area contributed by atoms with Crippen LogP contribution in [0.5, 0.6) is 5.75 Å². The smallest absolute Gasteiger partial charge is 0.327 e. The number of nitrogens with one attached hydrogen (secondary N) is 1. The largest absolute Gasteiger partial charge is 0.488 e. The number of fused-ring (bicyclic) bond motifs is 1. The first-order chi connectivity index (χ1) is 8.52. The highest BCUT2D eigenvalue weighted by molar-refractivity contribution is 5.80. The number of rotatable bonds is 3. The van der Waals surface area contributed by atoms with Crippen LogP contribution in [0.3, 0.4) is 0 Å². The second-order valence-electron chi connectivity index (χ2n) is 4.77. The number of hydrogen-bond acceptors (Lipinski definition) is 4. The van der Waals surface area contributed by atoms with Gasteiger partial charge in [0.2, 0.25) is 0 Å². The second-order valence-corrected chi connectivity index (χ2v) is 4.77. The highest BCUT2D eigenvalue weighted by atomic mass is 16.5. The normalized spacial score (nSPS) is 18.8. The number of hydrogen-bond donors (Lipinski definition) is 1. The number of carbonyl (C=O) groups excluding carboxylic acids is 1. The van der Waals surface area contributed by atoms with Gasteiger partial charge < -0.3 is 14.8 Å². The standard InChI is InChI=1S/C14H19NO3/c1-8-5-6-11-7-9(2)18-13(11)12(8)15-10(3)14(16)17-4/h5-6,9-10,15H,7H2,1-4H3. The average Bonchev–Trinajstić information content (AvgIpc) is 2.72. The Balaban J connectivity index is 2.28. The van der Waals surface area contributed by atoms with Crippen molar-refractivity contribution >= 4 is 11.7 Å². The Morgan fingerprint density at radius 3 is 2.94 bits per heavy atom. The van der Waals surface area contributed by atoms with E-state index < -0.39 is 0 Å². The third-order valence-corrected chi connectivity index (χ3v) is 3.19. The molecule has 4 nitrogen and oxygen atoms in total. The predicted molar refractivity (Wildman–Crippen MR) is 70.1 cm³/mol. The summed E-state index contributed by atoms with van der Waals surface area (Å²) in [6.45, 7) is 5.82. The Kier molecular flexibility index (Phi) is 3.45. The Morgan fingerprint density at radius 2 is 2.28 bits per heavy atom. The van der Waals surface area contributed by atoms with Gasteiger partial charge in [0.15, 0.2) is 0 Å². The summed E-state index contributed by atoms with van der Waals surface area (Å²) in [5, 5.41) is 3.18. The summed E-state index contributed by atoms with van der Waals surface area (Å²) in [4.78, 5) is 11.5. The van der Waals surface area contributed by atoms with Gasteiger partial charge in [-0.1, -0.05) is 12.1 Å². The summed E-state index contributed by atoms with van der Waals surface area (Å²) in [6, 6.07) is 3.74. The van der Waals surface area contributed by atoms with Gasteiger partial charge in [-0.25, -0.2) is 4.79 Å². The molecule has 1 aliphatic rings. The van der Waals surface area contributed by atoms with Crippen LogP contribution in [0.25, 0.3) is 0 Å². The molecule has 1 N–H and O–H groups in total. The zero-order valence-corrected chi connectivity index (χ0v) is 11.2. The molecule has 18 heavy (non-hydrogen) atoms. The lowest BCUT2D eigenvalue weighted by molar-refractivity contribution is -0.141. The molecule has 0 saturated carbocycles. The van der Waals surface area contributed by atoms with E-state index in [0.717, 1.165) is 23.4 Å². The molecule has 0 aliphatic carbocycles. The molecule has 1 heterocycles. The number of aryl methyl sites for hydroxylation is 1. The zero-order chi connectivity index (χ0) is 13.3. The summed E-state index contributed by atoms with van der Waals surface area (Å²) in [7, 11) is 1.39. The zero-order valence-electron chi connectivity index (χ0n) is 11.2. The second kappa shape index (κ2) is 4.88. The maximum absolute atomic E-state index is 11.5. The van der Waals surface area contributed by atoms with Gasteiger partial charge >= 0.3 is 5.97 Å². The summed E-state index contributed by atoms with van der Waals surface area (Å²) >= 11 is 0. The molecule has 0 aromatic heterocycles. The fourth-order valence-corrected chi connectivity index (χ4v) is 2.20. The first-order valence-electron chi connectivity index (χ1n) is 6.16. The van der Waals surface area contributed by atoms with Crippen LogP contribution in [0.1, 0.15) is 25.0 Å². The molecule has 0 amide bonds. The van der Waals surface area contributed by atoms with Gasteiger partial charge in [0.25, 0.3) is 0 Å². The molecule has 2 unspecified atom stereocenters. The van der Waals surface area contributed by atoms with Gasteiger partial charge in [-0.15, -0.1) is 0 Å². The van der Waals surface area contributed by atoms with Crippen molar-refractivity contribution in [3.05, 3.63) is 23.3 Å². The number of methoxy groups -OCH3 is 1. The van der Waals surface area contributed by atoms with E-state index in [1.165, 1.54) is 12.7 Å². The molecule has 0 fully saturated rings. The van der Waals surface area contributed by atoms with Gasteiger partial charge in [0.05, 0.1) is 12.8 Å². The quantitative estimate of drug-likeness (QED) is 0.835. The van der Waals surface area contributed by atoms with E-state index in [9.17, 15) is 4.79 Å². The maximum Gasteiger partial charge on any atom is 0.327 e. The lowest BCUT2D eigenvalue weighted by Gasteiger charge is -2.18. The fraction of sp³-hybridized carbons (Fsp3) is 0.500. The van der Waals surface area contributed by atoms with Crippen LogP contribution in [0, 0.1) is 6.92 Å². The van der Waals surface area contributed by atoms with Crippen molar-refractivity contribution in [2.24, 2.45) is 0 Å². The Bertz CT molecular complexity index is 470. The van der Waals surface area contributed by atoms with Gasteiger partial charge in [-0.3, -0.25) is 0 Å². The Morgan fingerprint density at radius 1 is 1.56 bits per heavy atom. The van der Waals surface area contributed by atoms with Crippen molar-refractivity contribution in [2.45, 2.75) is 39.3 Å². The Hall–Kier alpha value is -1.71. The van der Waals surface area contributed by atoms with E-state index >= 15 is 0 Å². The lowest BCUT2D eigenvalue weighted by Crippen LogP contribution is -2.27. The van der Waals surface area contributed by atoms with E-state index in [1.807, 2.05) is 19.9 Å². The third-order valence-electron chi connectivity index (χ3n) is 3.19. The van der Waals surface area contributed by atoms with Crippen molar-refractivity contribution < 1.29 is 14.3 Å². The van der Waals surface area contributed by atoms with Crippen molar-refractivity contribution in [3.8, 4) is 5.75 Å². The van der Waals surface area contributed by atoms with E-state index in [1.54, 1.807) is 6.92 Å². The van der Waals surface area contributed by atoms with Crippen molar-refractivity contribution in [1.29, 1.82) is 0 Å². The summed E-state index contributed by atoms with van der Waals surface area (Å²) in [5.41, 5.74) is 3.15. The van der Waals surface area contributed by atoms with Gasteiger partial charge in [0, 0.05) is 6.42 Å². The molecule has 4 heteroatoms. The number of carbonyl (C=O) groups is 1. The molecule has 1 aromatic rings. The Labute approximate surface area is 107 Å². The number of ether oxygens (including phenoxy) is 2. The molecular weight excluding hydrogens is 230 g/mol. The molecule has 1 aliphatic heterocycles. The lowest BCUT2D eigenvalue weighted by atomic mass is 10.1. The maximum atomic E-state index is 11.5. The van der Waals surface area contributed by atoms with Crippen molar-refractivity contribution in [2.75, 3.05) is 12.4 Å². The van der Waals surface area contributed by atoms with Crippen LogP contribution in [0.4, 0.5) is 5.69 Å². The molecule has 2 rings (SSSR count). The van der Waals surface area contributed by atoms with Crippen molar-refractivity contribution in [3.63, 3.8) is 0 Å². The minimum absolute atomic E-state index is 0.191. The topological polar surface area (TPSA) is 47.6 Å². The summed E-state index contributed by atoms with van der Waals surface area (Å²) in [6.07, 6.45) is 1.10. The minimum Gasteiger partial charge on any atom is -0.488 e. The first-order valence-corrected chi connectivity index (χ1v) is 6.16. The predicted octanol–water partition coefficient (Wildman–Crippen LogP) is 2.29. The van der Waals surface area contributed by atoms with Crippen molar-refractivity contribution in [1.82, 2.24) is 0 Å². The molecule has 98 valence electrons. The fourth-order valence-electron chi connectivity index (χ4n) is 2.20. The summed E-state index contributed by atoms with van der Waals surface area (Å²) in [5.74, 6) is 0.594. The molecule has 2 atom stereocenters. The monoisotopic (exact) mass is 249 g/mol. The van der Waals surface area contributed by atoms with Gasteiger partial charge in [0.1, 0.15) is 17.9 Å². The van der Waals surface area contributed by atoms with E-state index in [0.29, 0.717) is 0 Å². The van der Waals surface area contributed by atoms with Crippen LogP contribution in [0.2, 0.25) is 0 Å². The van der Waals surface area contributed by atoms with Gasteiger partial charge in [-0.2, -0.15) is 0 Å². The number of esters is 1. The van der Waals surface area contributed by atoms with E-state index in [4.69, 9.17) is 9.47 Å². The molecule has 0 bridgehead atoms.